The number of benzene rings is 2. The molecule has 0 bridgehead atoms. The fourth-order valence-electron chi connectivity index (χ4n) is 2.41. The number of aromatic amines is 1. The Morgan fingerprint density at radius 3 is 2.17 bits per heavy atom. The van der Waals surface area contributed by atoms with Gasteiger partial charge in [-0.05, 0) is 43.3 Å². The fraction of sp³-hybridized carbons (Fsp3) is 0.111. The lowest BCUT2D eigenvalue weighted by atomic mass is 10.2. The zero-order chi connectivity index (χ0) is 21.2. The normalized spacial score (nSPS) is 11.9. The number of nitrogens with one attached hydrogen (secondary N) is 3. The molecule has 11 heteroatoms. The van der Waals surface area contributed by atoms with Crippen LogP contribution in [-0.4, -0.2) is 24.5 Å². The van der Waals surface area contributed by atoms with E-state index in [1.54, 1.807) is 24.3 Å². The number of carbonyl (C=O) groups excluding carboxylic acids is 1. The van der Waals surface area contributed by atoms with E-state index in [1.165, 1.54) is 0 Å². The minimum Gasteiger partial charge on any atom is -0.322 e. The molecule has 0 fully saturated rings. The Balaban J connectivity index is 1.79. The highest BCUT2D eigenvalue weighted by molar-refractivity contribution is 7.92. The number of carbonyl (C=O) groups is 1. The maximum absolute atomic E-state index is 12.6. The van der Waals surface area contributed by atoms with E-state index in [9.17, 15) is 26.4 Å². The van der Waals surface area contributed by atoms with Gasteiger partial charge in [-0.1, -0.05) is 17.7 Å². The van der Waals surface area contributed by atoms with Crippen LogP contribution >= 0.6 is 0 Å². The monoisotopic (exact) mass is 424 g/mol. The SMILES string of the molecule is Cc1ccc(NS(=O)(=O)c2[nH]ncc2C(=O)Nc2ccc(C(F)(F)F)cc2)cc1. The van der Waals surface area contributed by atoms with Crippen LogP contribution in [0.3, 0.4) is 0 Å². The summed E-state index contributed by atoms with van der Waals surface area (Å²) < 4.78 is 65.4. The third-order valence-corrected chi connectivity index (χ3v) is 5.24. The van der Waals surface area contributed by atoms with Crippen molar-refractivity contribution < 1.29 is 26.4 Å². The minimum absolute atomic E-state index is 0.0686. The molecule has 0 atom stereocenters. The first kappa shape index (κ1) is 20.4. The van der Waals surface area contributed by atoms with Crippen LogP contribution in [0.1, 0.15) is 21.5 Å². The number of aryl methyl sites for hydroxylation is 1. The number of halogens is 3. The van der Waals surface area contributed by atoms with E-state index in [0.29, 0.717) is 5.69 Å². The lowest BCUT2D eigenvalue weighted by Gasteiger charge is -2.10. The van der Waals surface area contributed by atoms with Crippen molar-refractivity contribution in [2.45, 2.75) is 18.1 Å². The van der Waals surface area contributed by atoms with Crippen molar-refractivity contribution in [3.63, 3.8) is 0 Å². The Hall–Kier alpha value is -3.34. The summed E-state index contributed by atoms with van der Waals surface area (Å²) in [6, 6.07) is 10.3. The molecule has 0 spiro atoms. The van der Waals surface area contributed by atoms with Gasteiger partial charge in [0.25, 0.3) is 15.9 Å². The van der Waals surface area contributed by atoms with Crippen LogP contribution in [0.15, 0.2) is 59.8 Å². The number of hydrogen-bond donors (Lipinski definition) is 3. The second-order valence-electron chi connectivity index (χ2n) is 6.11. The number of nitrogens with zero attached hydrogens (tertiary/aromatic N) is 1. The summed E-state index contributed by atoms with van der Waals surface area (Å²) in [5, 5.41) is 7.74. The summed E-state index contributed by atoms with van der Waals surface area (Å²) in [5.41, 5.74) is 0.137. The van der Waals surface area contributed by atoms with Crippen molar-refractivity contribution in [2.75, 3.05) is 10.0 Å². The number of H-pyrrole nitrogens is 1. The number of anilines is 2. The highest BCUT2D eigenvalue weighted by Crippen LogP contribution is 2.30. The van der Waals surface area contributed by atoms with Crippen molar-refractivity contribution >= 4 is 27.3 Å². The average Bonchev–Trinajstić information content (AvgIpc) is 3.14. The Morgan fingerprint density at radius 1 is 1.00 bits per heavy atom. The molecule has 29 heavy (non-hydrogen) atoms. The summed E-state index contributed by atoms with van der Waals surface area (Å²) in [4.78, 5) is 12.4. The molecule has 0 aliphatic rings. The van der Waals surface area contributed by atoms with Crippen LogP contribution in [0.5, 0.6) is 0 Å². The lowest BCUT2D eigenvalue weighted by molar-refractivity contribution is -0.137. The van der Waals surface area contributed by atoms with Crippen LogP contribution in [0.25, 0.3) is 0 Å². The molecule has 0 saturated heterocycles. The van der Waals surface area contributed by atoms with Gasteiger partial charge in [-0.3, -0.25) is 14.6 Å². The smallest absolute Gasteiger partial charge is 0.322 e. The third-order valence-electron chi connectivity index (χ3n) is 3.89. The van der Waals surface area contributed by atoms with Gasteiger partial charge in [0.2, 0.25) is 0 Å². The van der Waals surface area contributed by atoms with Gasteiger partial charge >= 0.3 is 6.18 Å². The number of sulfonamides is 1. The van der Waals surface area contributed by atoms with Crippen LogP contribution in [-0.2, 0) is 16.2 Å². The molecular formula is C18H15F3N4O3S. The van der Waals surface area contributed by atoms with E-state index < -0.39 is 32.7 Å². The first-order valence-corrected chi connectivity index (χ1v) is 9.66. The van der Waals surface area contributed by atoms with E-state index in [4.69, 9.17) is 0 Å². The first-order chi connectivity index (χ1) is 13.6. The molecule has 1 aromatic heterocycles. The largest absolute Gasteiger partial charge is 0.416 e. The van der Waals surface area contributed by atoms with Crippen LogP contribution in [0.4, 0.5) is 24.5 Å². The van der Waals surface area contributed by atoms with Crippen molar-refractivity contribution in [3.8, 4) is 0 Å². The topological polar surface area (TPSA) is 104 Å². The molecule has 0 aliphatic carbocycles. The zero-order valence-electron chi connectivity index (χ0n) is 14.9. The van der Waals surface area contributed by atoms with E-state index in [1.807, 2.05) is 6.92 Å². The van der Waals surface area contributed by atoms with Gasteiger partial charge in [-0.25, -0.2) is 0 Å². The number of alkyl halides is 3. The number of hydrogen-bond acceptors (Lipinski definition) is 4. The van der Waals surface area contributed by atoms with E-state index in [0.717, 1.165) is 36.0 Å². The standard InChI is InChI=1S/C18H15F3N4O3S/c1-11-2-6-14(7-3-11)25-29(27,28)17-15(10-22-24-17)16(26)23-13-8-4-12(5-9-13)18(19,20)21/h2-10,25H,1H3,(H,22,24)(H,23,26). The second-order valence-corrected chi connectivity index (χ2v) is 7.73. The van der Waals surface area contributed by atoms with Gasteiger partial charge in [-0.2, -0.15) is 26.7 Å². The summed E-state index contributed by atoms with van der Waals surface area (Å²) in [6.45, 7) is 1.84. The summed E-state index contributed by atoms with van der Waals surface area (Å²) in [7, 11) is -4.15. The molecule has 3 rings (SSSR count). The van der Waals surface area contributed by atoms with Crippen molar-refractivity contribution in [2.24, 2.45) is 0 Å². The van der Waals surface area contributed by atoms with Gasteiger partial charge in [0, 0.05) is 11.4 Å². The number of amides is 1. The highest BCUT2D eigenvalue weighted by atomic mass is 32.2. The minimum atomic E-state index is -4.50. The molecule has 7 nitrogen and oxygen atoms in total. The summed E-state index contributed by atoms with van der Waals surface area (Å²) in [5.74, 6) is -0.845. The van der Waals surface area contributed by atoms with E-state index in [-0.39, 0.29) is 11.3 Å². The van der Waals surface area contributed by atoms with E-state index >= 15 is 0 Å². The molecular weight excluding hydrogens is 409 g/mol. The van der Waals surface area contributed by atoms with E-state index in [2.05, 4.69) is 20.2 Å². The maximum atomic E-state index is 12.6. The number of aromatic nitrogens is 2. The average molecular weight is 424 g/mol. The molecule has 0 radical (unpaired) electrons. The lowest BCUT2D eigenvalue weighted by Crippen LogP contribution is -2.19. The fourth-order valence-corrected chi connectivity index (χ4v) is 3.57. The molecule has 0 aliphatic heterocycles. The van der Waals surface area contributed by atoms with Gasteiger partial charge in [0.15, 0.2) is 5.03 Å². The summed E-state index contributed by atoms with van der Waals surface area (Å²) >= 11 is 0. The molecule has 1 amide bonds. The molecule has 1 heterocycles. The Morgan fingerprint density at radius 2 is 1.59 bits per heavy atom. The Kier molecular flexibility index (Phi) is 5.33. The Bertz CT molecular complexity index is 1120. The second kappa shape index (κ2) is 7.59. The van der Waals surface area contributed by atoms with Gasteiger partial charge in [-0.15, -0.1) is 0 Å². The Labute approximate surface area is 164 Å². The summed E-state index contributed by atoms with van der Waals surface area (Å²) in [6.07, 6.45) is -3.49. The molecule has 3 N–H and O–H groups in total. The van der Waals surface area contributed by atoms with Gasteiger partial charge < -0.3 is 5.32 Å². The van der Waals surface area contributed by atoms with Crippen molar-refractivity contribution in [3.05, 3.63) is 71.4 Å². The van der Waals surface area contributed by atoms with Gasteiger partial charge in [0.1, 0.15) is 0 Å². The predicted octanol–water partition coefficient (Wildman–Crippen LogP) is 3.79. The molecule has 152 valence electrons. The molecule has 0 unspecified atom stereocenters. The van der Waals surface area contributed by atoms with Crippen LogP contribution < -0.4 is 10.0 Å². The van der Waals surface area contributed by atoms with Crippen molar-refractivity contribution in [1.82, 2.24) is 10.2 Å². The van der Waals surface area contributed by atoms with Gasteiger partial charge in [0.05, 0.1) is 17.3 Å². The maximum Gasteiger partial charge on any atom is 0.416 e. The highest BCUT2D eigenvalue weighted by Gasteiger charge is 2.30. The van der Waals surface area contributed by atoms with Crippen LogP contribution in [0, 0.1) is 6.92 Å². The number of rotatable bonds is 5. The quantitative estimate of drug-likeness (QED) is 0.580. The first-order valence-electron chi connectivity index (χ1n) is 8.18. The zero-order valence-corrected chi connectivity index (χ0v) is 15.7. The molecule has 0 saturated carbocycles. The third kappa shape index (κ3) is 4.74. The van der Waals surface area contributed by atoms with Crippen molar-refractivity contribution in [1.29, 1.82) is 0 Å². The molecule has 2 aromatic carbocycles. The van der Waals surface area contributed by atoms with Crippen LogP contribution in [0.2, 0.25) is 0 Å². The molecule has 3 aromatic rings. The predicted molar refractivity (Wildman–Crippen MR) is 100.0 cm³/mol.